The Balaban J connectivity index is 1.61. The number of H-pyrrole nitrogens is 1. The van der Waals surface area contributed by atoms with E-state index in [9.17, 15) is 29.7 Å². The molecule has 0 saturated heterocycles. The van der Waals surface area contributed by atoms with Crippen molar-refractivity contribution in [3.8, 4) is 11.5 Å². The summed E-state index contributed by atoms with van der Waals surface area (Å²) in [6.45, 7) is -0.415. The number of halogens is 1. The summed E-state index contributed by atoms with van der Waals surface area (Å²) in [6, 6.07) is 8.00. The summed E-state index contributed by atoms with van der Waals surface area (Å²) in [5, 5.41) is 33.9. The van der Waals surface area contributed by atoms with Crippen LogP contribution in [0.15, 0.2) is 42.6 Å². The minimum atomic E-state index is -1.22. The first-order valence-corrected chi connectivity index (χ1v) is 9.90. The third kappa shape index (κ3) is 5.00. The Kier molecular flexibility index (Phi) is 6.45. The maximum Gasteiger partial charge on any atom is 0.326 e. The highest BCUT2D eigenvalue weighted by Crippen LogP contribution is 2.23. The molecule has 1 aromatic heterocycles. The van der Waals surface area contributed by atoms with Crippen molar-refractivity contribution in [1.29, 1.82) is 0 Å². The van der Waals surface area contributed by atoms with Crippen LogP contribution in [0.5, 0.6) is 11.5 Å². The van der Waals surface area contributed by atoms with E-state index >= 15 is 0 Å². The molecule has 0 aliphatic carbocycles. The highest BCUT2D eigenvalue weighted by molar-refractivity contribution is 14.1. The summed E-state index contributed by atoms with van der Waals surface area (Å²) >= 11 is 1.92. The zero-order valence-electron chi connectivity index (χ0n) is 15.5. The predicted molar refractivity (Wildman–Crippen MR) is 116 cm³/mol. The Morgan fingerprint density at radius 2 is 1.87 bits per heavy atom. The number of benzene rings is 2. The summed E-state index contributed by atoms with van der Waals surface area (Å²) in [7, 11) is 0. The number of aliphatic carboxylic acids is 1. The van der Waals surface area contributed by atoms with E-state index in [0.29, 0.717) is 20.0 Å². The monoisotopic (exact) mass is 523 g/mol. The number of carbonyl (C=O) groups excluding carboxylic acids is 2. The van der Waals surface area contributed by atoms with Gasteiger partial charge in [-0.1, -0.05) is 6.07 Å². The van der Waals surface area contributed by atoms with E-state index in [1.807, 2.05) is 22.6 Å². The van der Waals surface area contributed by atoms with E-state index in [2.05, 4.69) is 15.6 Å². The van der Waals surface area contributed by atoms with E-state index in [1.165, 1.54) is 24.4 Å². The molecule has 3 aromatic rings. The first kappa shape index (κ1) is 21.4. The number of rotatable bonds is 7. The lowest BCUT2D eigenvalue weighted by atomic mass is 10.1. The molecule has 2 aromatic carbocycles. The summed E-state index contributed by atoms with van der Waals surface area (Å²) < 4.78 is 0.567. The molecule has 9 nitrogen and oxygen atoms in total. The van der Waals surface area contributed by atoms with Gasteiger partial charge in [-0.25, -0.2) is 4.79 Å². The standard InChI is InChI=1S/C20H18IN3O6/c21-14-5-10(1-4-17(14)26)6-16(20(29)30)24-18(27)9-23-19(28)13-8-22-15-3-2-11(25)7-12(13)15/h1-5,7-8,16,22,25-26H,6,9H2,(H,23,28)(H,24,27)(H,29,30)/t16-/m0/s1. The van der Waals surface area contributed by atoms with Crippen LogP contribution in [-0.4, -0.2) is 50.7 Å². The maximum absolute atomic E-state index is 12.4. The van der Waals surface area contributed by atoms with Gasteiger partial charge >= 0.3 is 5.97 Å². The molecule has 2 amide bonds. The normalized spacial score (nSPS) is 11.8. The number of carboxylic acid groups (broad SMARTS) is 1. The molecule has 10 heteroatoms. The SMILES string of the molecule is O=C(CNC(=O)c1c[nH]c2ccc(O)cc12)N[C@@H](Cc1ccc(O)c(I)c1)C(=O)O. The zero-order chi connectivity index (χ0) is 21.8. The number of fused-ring (bicyclic) bond motifs is 1. The Morgan fingerprint density at radius 3 is 2.57 bits per heavy atom. The van der Waals surface area contributed by atoms with Crippen LogP contribution in [0.4, 0.5) is 0 Å². The fourth-order valence-corrected chi connectivity index (χ4v) is 3.49. The molecule has 0 fully saturated rings. The maximum atomic E-state index is 12.4. The average molecular weight is 523 g/mol. The van der Waals surface area contributed by atoms with E-state index < -0.39 is 30.4 Å². The van der Waals surface area contributed by atoms with Crippen molar-refractivity contribution in [2.24, 2.45) is 0 Å². The van der Waals surface area contributed by atoms with E-state index in [-0.39, 0.29) is 23.5 Å². The molecular formula is C20H18IN3O6. The van der Waals surface area contributed by atoms with Crippen LogP contribution in [0.25, 0.3) is 10.9 Å². The largest absolute Gasteiger partial charge is 0.508 e. The van der Waals surface area contributed by atoms with Gasteiger partial charge < -0.3 is 30.9 Å². The highest BCUT2D eigenvalue weighted by Gasteiger charge is 2.21. The molecule has 1 atom stereocenters. The second-order valence-corrected chi connectivity index (χ2v) is 7.73. The molecular weight excluding hydrogens is 505 g/mol. The number of hydrogen-bond acceptors (Lipinski definition) is 5. The number of aromatic hydroxyl groups is 2. The third-order valence-corrected chi connectivity index (χ3v) is 5.27. The van der Waals surface area contributed by atoms with Gasteiger partial charge in [0.25, 0.3) is 5.91 Å². The Hall–Kier alpha value is -3.28. The van der Waals surface area contributed by atoms with Gasteiger partial charge in [0.1, 0.15) is 17.5 Å². The molecule has 6 N–H and O–H groups in total. The molecule has 0 aliphatic rings. The lowest BCUT2D eigenvalue weighted by Crippen LogP contribution is -2.46. The van der Waals surface area contributed by atoms with Gasteiger partial charge in [-0.05, 0) is 58.5 Å². The highest BCUT2D eigenvalue weighted by atomic mass is 127. The minimum Gasteiger partial charge on any atom is -0.508 e. The summed E-state index contributed by atoms with van der Waals surface area (Å²) in [4.78, 5) is 39.0. The molecule has 1 heterocycles. The molecule has 30 heavy (non-hydrogen) atoms. The number of aromatic amines is 1. The van der Waals surface area contributed by atoms with Gasteiger partial charge in [0.2, 0.25) is 5.91 Å². The van der Waals surface area contributed by atoms with Gasteiger partial charge in [0.15, 0.2) is 0 Å². The van der Waals surface area contributed by atoms with Crippen molar-refractivity contribution >= 4 is 51.3 Å². The molecule has 156 valence electrons. The van der Waals surface area contributed by atoms with Crippen LogP contribution in [0, 0.1) is 3.57 Å². The number of aromatic nitrogens is 1. The lowest BCUT2D eigenvalue weighted by molar-refractivity contribution is -0.141. The van der Waals surface area contributed by atoms with Gasteiger partial charge in [0, 0.05) is 23.5 Å². The van der Waals surface area contributed by atoms with Crippen molar-refractivity contribution in [3.63, 3.8) is 0 Å². The summed E-state index contributed by atoms with van der Waals surface area (Å²) in [5.41, 5.74) is 1.53. The third-order valence-electron chi connectivity index (χ3n) is 4.40. The molecule has 0 spiro atoms. The van der Waals surface area contributed by atoms with Crippen molar-refractivity contribution < 1.29 is 29.7 Å². The number of carboxylic acids is 1. The molecule has 0 bridgehead atoms. The molecule has 0 unspecified atom stereocenters. The van der Waals surface area contributed by atoms with E-state index in [0.717, 1.165) is 0 Å². The van der Waals surface area contributed by atoms with Crippen molar-refractivity contribution in [2.75, 3.05) is 6.54 Å². The summed E-state index contributed by atoms with van der Waals surface area (Å²) in [5.74, 6) is -2.33. The van der Waals surface area contributed by atoms with Gasteiger partial charge in [-0.3, -0.25) is 9.59 Å². The summed E-state index contributed by atoms with van der Waals surface area (Å²) in [6.07, 6.45) is 1.48. The van der Waals surface area contributed by atoms with E-state index in [4.69, 9.17) is 0 Å². The topological polar surface area (TPSA) is 152 Å². The van der Waals surface area contributed by atoms with Gasteiger partial charge in [-0.2, -0.15) is 0 Å². The second-order valence-electron chi connectivity index (χ2n) is 6.56. The molecule has 3 rings (SSSR count). The number of amides is 2. The van der Waals surface area contributed by atoms with Crippen LogP contribution in [-0.2, 0) is 16.0 Å². The van der Waals surface area contributed by atoms with Crippen molar-refractivity contribution in [1.82, 2.24) is 15.6 Å². The van der Waals surface area contributed by atoms with Crippen molar-refractivity contribution in [2.45, 2.75) is 12.5 Å². The molecule has 0 saturated carbocycles. The predicted octanol–water partition coefficient (Wildman–Crippen LogP) is 1.73. The first-order chi connectivity index (χ1) is 14.2. The van der Waals surface area contributed by atoms with Crippen LogP contribution >= 0.6 is 22.6 Å². The minimum absolute atomic E-state index is 0.00193. The van der Waals surface area contributed by atoms with Crippen LogP contribution in [0.1, 0.15) is 15.9 Å². The fourth-order valence-electron chi connectivity index (χ4n) is 2.91. The van der Waals surface area contributed by atoms with Crippen LogP contribution in [0.3, 0.4) is 0 Å². The number of carbonyl (C=O) groups is 3. The first-order valence-electron chi connectivity index (χ1n) is 8.82. The number of hydrogen-bond donors (Lipinski definition) is 6. The molecule has 0 radical (unpaired) electrons. The second kappa shape index (κ2) is 9.03. The Bertz CT molecular complexity index is 1130. The fraction of sp³-hybridized carbons (Fsp3) is 0.150. The Labute approximate surface area is 184 Å². The van der Waals surface area contributed by atoms with Crippen LogP contribution < -0.4 is 10.6 Å². The zero-order valence-corrected chi connectivity index (χ0v) is 17.6. The molecule has 0 aliphatic heterocycles. The van der Waals surface area contributed by atoms with Crippen LogP contribution in [0.2, 0.25) is 0 Å². The number of phenols is 2. The Morgan fingerprint density at radius 1 is 1.10 bits per heavy atom. The van der Waals surface area contributed by atoms with E-state index in [1.54, 1.807) is 18.2 Å². The number of nitrogens with one attached hydrogen (secondary N) is 3. The quantitative estimate of drug-likeness (QED) is 0.260. The number of phenolic OH excluding ortho intramolecular Hbond substituents is 2. The lowest BCUT2D eigenvalue weighted by Gasteiger charge is -2.15. The smallest absolute Gasteiger partial charge is 0.326 e. The van der Waals surface area contributed by atoms with Gasteiger partial charge in [-0.15, -0.1) is 0 Å². The van der Waals surface area contributed by atoms with Crippen molar-refractivity contribution in [3.05, 3.63) is 57.3 Å². The van der Waals surface area contributed by atoms with Gasteiger partial charge in [0.05, 0.1) is 15.7 Å². The average Bonchev–Trinajstić information content (AvgIpc) is 3.11.